The van der Waals surface area contributed by atoms with E-state index >= 15 is 0 Å². The van der Waals surface area contributed by atoms with Crippen LogP contribution in [0.2, 0.25) is 0 Å². The Balaban J connectivity index is 1.19. The lowest BCUT2D eigenvalue weighted by Gasteiger charge is -2.30. The van der Waals surface area contributed by atoms with Crippen molar-refractivity contribution in [3.05, 3.63) is 12.2 Å². The maximum atomic E-state index is 12.4. The highest BCUT2D eigenvalue weighted by atomic mass is 16.6. The minimum absolute atomic E-state index is 0.113. The van der Waals surface area contributed by atoms with E-state index in [1.54, 1.807) is 11.8 Å². The van der Waals surface area contributed by atoms with Gasteiger partial charge < -0.3 is 41.0 Å². The minimum Gasteiger partial charge on any atom is -0.449 e. The highest BCUT2D eigenvalue weighted by Crippen LogP contribution is 2.32. The third kappa shape index (κ3) is 5.97. The van der Waals surface area contributed by atoms with Crippen LogP contribution in [0.5, 0.6) is 0 Å². The van der Waals surface area contributed by atoms with E-state index in [-0.39, 0.29) is 23.4 Å². The number of hydrogen-bond acceptors (Lipinski definition) is 11. The number of fused-ring (bicyclic) bond motifs is 1. The number of nitrogen functional groups attached to an aromatic ring is 1. The number of piperidine rings is 1. The molecule has 2 unspecified atom stereocenters. The number of likely N-dealkylation sites (N-methyl/N-ethyl adjacent to an activating group) is 1. The highest BCUT2D eigenvalue weighted by Gasteiger charge is 2.47. The number of nitrogens with zero attached hydrogens (tertiary/aromatic N) is 5. The maximum absolute atomic E-state index is 12.4. The van der Waals surface area contributed by atoms with Crippen molar-refractivity contribution in [3.63, 3.8) is 0 Å². The number of carbonyl (C=O) groups is 2. The first-order valence-electron chi connectivity index (χ1n) is 13.8. The number of aliphatic hydroxyl groups excluding tert-OH is 2. The number of nitrogens with two attached hydrogens (primary N) is 1. The van der Waals surface area contributed by atoms with E-state index in [0.29, 0.717) is 50.0 Å². The summed E-state index contributed by atoms with van der Waals surface area (Å²) in [5, 5.41) is 26.8. The van der Waals surface area contributed by atoms with Crippen molar-refractivity contribution >= 4 is 29.0 Å². The molecule has 40 heavy (non-hydrogen) atoms. The minimum atomic E-state index is -1.43. The Morgan fingerprint density at radius 1 is 1.23 bits per heavy atom. The summed E-state index contributed by atoms with van der Waals surface area (Å²) < 4.78 is 12.6. The number of amides is 2. The molecular weight excluding hydrogens is 520 g/mol. The predicted octanol–water partition coefficient (Wildman–Crippen LogP) is -0.636. The molecule has 2 amide bonds. The van der Waals surface area contributed by atoms with Gasteiger partial charge in [0.15, 0.2) is 23.8 Å². The lowest BCUT2D eigenvalue weighted by Crippen LogP contribution is -2.42. The molecule has 6 N–H and O–H groups in total. The van der Waals surface area contributed by atoms with E-state index in [1.165, 1.54) is 10.9 Å². The number of rotatable bonds is 6. The molecule has 14 nitrogen and oxygen atoms in total. The molecule has 0 spiro atoms. The summed E-state index contributed by atoms with van der Waals surface area (Å²) in [7, 11) is 0. The van der Waals surface area contributed by atoms with Crippen LogP contribution in [0.25, 0.3) is 11.2 Å². The summed E-state index contributed by atoms with van der Waals surface area (Å²) >= 11 is 0. The molecule has 5 atom stereocenters. The summed E-state index contributed by atoms with van der Waals surface area (Å²) in [4.78, 5) is 39.3. The van der Waals surface area contributed by atoms with E-state index in [2.05, 4.69) is 37.4 Å². The molecule has 14 heteroatoms. The molecule has 5 heterocycles. The molecule has 0 saturated carbocycles. The van der Waals surface area contributed by atoms with Gasteiger partial charge in [-0.25, -0.2) is 19.7 Å². The third-order valence-electron chi connectivity index (χ3n) is 7.64. The van der Waals surface area contributed by atoms with Crippen LogP contribution in [0, 0.1) is 23.7 Å². The summed E-state index contributed by atoms with van der Waals surface area (Å²) in [6, 6.07) is 0. The van der Waals surface area contributed by atoms with Crippen LogP contribution in [0.3, 0.4) is 0 Å². The molecule has 3 saturated heterocycles. The maximum Gasteiger partial charge on any atom is 0.409 e. The number of hydrogen-bond donors (Lipinski definition) is 5. The fourth-order valence-corrected chi connectivity index (χ4v) is 5.29. The highest BCUT2D eigenvalue weighted by molar-refractivity contribution is 5.83. The van der Waals surface area contributed by atoms with E-state index in [1.807, 2.05) is 0 Å². The Morgan fingerprint density at radius 2 is 2.02 bits per heavy atom. The Morgan fingerprint density at radius 3 is 2.75 bits per heavy atom. The molecule has 3 fully saturated rings. The van der Waals surface area contributed by atoms with Gasteiger partial charge in [0.1, 0.15) is 17.7 Å². The normalized spacial score (nSPS) is 27.0. The first-order chi connectivity index (χ1) is 19.4. The van der Waals surface area contributed by atoms with E-state index in [0.717, 1.165) is 32.4 Å². The van der Waals surface area contributed by atoms with Crippen molar-refractivity contribution in [2.24, 2.45) is 11.8 Å². The molecule has 0 radical (unpaired) electrons. The van der Waals surface area contributed by atoms with Gasteiger partial charge in [0, 0.05) is 38.5 Å². The summed E-state index contributed by atoms with van der Waals surface area (Å²) in [6.07, 6.45) is -0.723. The number of aliphatic hydroxyl groups is 2. The Kier molecular flexibility index (Phi) is 8.65. The summed E-state index contributed by atoms with van der Waals surface area (Å²) in [5.41, 5.74) is 6.67. The SMILES string of the molecule is CCNC(=O)[C@H]1O[C@@H](n2cnc3c(N)nc(C#CCC4CCN(C(=O)OCC5CCNC5)CC4)nc32)[C@@H](O)C1O. The Labute approximate surface area is 231 Å². The fourth-order valence-electron chi connectivity index (χ4n) is 5.29. The van der Waals surface area contributed by atoms with E-state index in [9.17, 15) is 19.8 Å². The topological polar surface area (TPSA) is 190 Å². The van der Waals surface area contributed by atoms with Crippen LogP contribution in [-0.2, 0) is 14.3 Å². The summed E-state index contributed by atoms with van der Waals surface area (Å²) in [6.45, 7) is 5.71. The van der Waals surface area contributed by atoms with Gasteiger partial charge in [0.05, 0.1) is 12.9 Å². The largest absolute Gasteiger partial charge is 0.449 e. The zero-order chi connectivity index (χ0) is 28.2. The van der Waals surface area contributed by atoms with Crippen molar-refractivity contribution in [2.45, 2.75) is 57.1 Å². The number of aromatic nitrogens is 4. The Bertz CT molecular complexity index is 1280. The van der Waals surface area contributed by atoms with Gasteiger partial charge in [0.2, 0.25) is 5.82 Å². The number of carbonyl (C=O) groups excluding carboxylic acids is 2. The van der Waals surface area contributed by atoms with Gasteiger partial charge in [0.25, 0.3) is 5.91 Å². The number of anilines is 1. The van der Waals surface area contributed by atoms with Crippen LogP contribution in [0.1, 0.15) is 44.7 Å². The number of nitrogens with one attached hydrogen (secondary N) is 2. The number of likely N-dealkylation sites (tertiary alicyclic amines) is 1. The quantitative estimate of drug-likeness (QED) is 0.285. The zero-order valence-electron chi connectivity index (χ0n) is 22.5. The van der Waals surface area contributed by atoms with Gasteiger partial charge in [-0.05, 0) is 44.6 Å². The molecule has 5 rings (SSSR count). The summed E-state index contributed by atoms with van der Waals surface area (Å²) in [5.74, 6) is 6.59. The van der Waals surface area contributed by atoms with Crippen LogP contribution >= 0.6 is 0 Å². The molecule has 3 aliphatic heterocycles. The molecule has 0 aliphatic carbocycles. The molecule has 0 aromatic carbocycles. The van der Waals surface area contributed by atoms with Crippen molar-refractivity contribution < 1.29 is 29.3 Å². The van der Waals surface area contributed by atoms with E-state index < -0.39 is 30.4 Å². The number of imidazole rings is 1. The molecule has 3 aliphatic rings. The average Bonchev–Trinajstić information content (AvgIpc) is 3.68. The lowest BCUT2D eigenvalue weighted by molar-refractivity contribution is -0.137. The Hall–Kier alpha value is -3.51. The molecule has 216 valence electrons. The zero-order valence-corrected chi connectivity index (χ0v) is 22.5. The van der Waals surface area contributed by atoms with Crippen molar-refractivity contribution in [2.75, 3.05) is 45.1 Å². The van der Waals surface area contributed by atoms with Gasteiger partial charge >= 0.3 is 6.09 Å². The first-order valence-corrected chi connectivity index (χ1v) is 13.8. The van der Waals surface area contributed by atoms with Crippen LogP contribution < -0.4 is 16.4 Å². The van der Waals surface area contributed by atoms with Gasteiger partial charge in [-0.15, -0.1) is 0 Å². The monoisotopic (exact) mass is 556 g/mol. The van der Waals surface area contributed by atoms with Crippen molar-refractivity contribution in [3.8, 4) is 11.8 Å². The average molecular weight is 557 g/mol. The van der Waals surface area contributed by atoms with Crippen molar-refractivity contribution in [1.82, 2.24) is 35.1 Å². The first kappa shape index (κ1) is 28.0. The van der Waals surface area contributed by atoms with Gasteiger partial charge in [-0.3, -0.25) is 9.36 Å². The smallest absolute Gasteiger partial charge is 0.409 e. The van der Waals surface area contributed by atoms with Gasteiger partial charge in [-0.1, -0.05) is 5.92 Å². The lowest BCUT2D eigenvalue weighted by atomic mass is 9.94. The van der Waals surface area contributed by atoms with Crippen LogP contribution in [-0.4, -0.2) is 104 Å². The second kappa shape index (κ2) is 12.3. The molecule has 0 bridgehead atoms. The molecule has 2 aromatic heterocycles. The van der Waals surface area contributed by atoms with Gasteiger partial charge in [-0.2, -0.15) is 0 Å². The standard InChI is InChI=1S/C26H36N8O6/c1-2-29-24(37)21-19(35)20(36)25(40-21)34-14-30-18-22(27)31-17(32-23(18)34)5-3-4-15-7-10-33(11-8-15)26(38)39-13-16-6-9-28-12-16/h14-16,19-21,25,28,35-36H,2,4,6-13H2,1H3,(H,29,37)(H2,27,31,32)/t16?,19?,20-,21-,25+/m0/s1. The van der Waals surface area contributed by atoms with Crippen molar-refractivity contribution in [1.29, 1.82) is 0 Å². The van der Waals surface area contributed by atoms with Crippen LogP contribution in [0.15, 0.2) is 6.33 Å². The second-order valence-electron chi connectivity index (χ2n) is 10.5. The van der Waals surface area contributed by atoms with Crippen LogP contribution in [0.4, 0.5) is 10.6 Å². The fraction of sp³-hybridized carbons (Fsp3) is 0.654. The predicted molar refractivity (Wildman–Crippen MR) is 142 cm³/mol. The number of ether oxygens (including phenoxy) is 2. The third-order valence-corrected chi connectivity index (χ3v) is 7.64. The molecular formula is C26H36N8O6. The van der Waals surface area contributed by atoms with E-state index in [4.69, 9.17) is 15.2 Å². The molecule has 2 aromatic rings. The second-order valence-corrected chi connectivity index (χ2v) is 10.5.